The molecule has 0 amide bonds. The number of nitrogens with one attached hydrogen (secondary N) is 1. The van der Waals surface area contributed by atoms with Crippen LogP contribution >= 0.6 is 0 Å². The number of aliphatic imine (C=N–C) groups is 1. The largest absolute Gasteiger partial charge is 0.370 e. The van der Waals surface area contributed by atoms with Crippen LogP contribution in [0.4, 0.5) is 5.69 Å². The molecule has 3 N–H and O–H groups in total. The summed E-state index contributed by atoms with van der Waals surface area (Å²) >= 11 is 0. The highest BCUT2D eigenvalue weighted by Crippen LogP contribution is 2.19. The molecule has 0 saturated heterocycles. The molecule has 1 aromatic heterocycles. The second kappa shape index (κ2) is 7.99. The minimum absolute atomic E-state index is 0.434. The van der Waals surface area contributed by atoms with Crippen molar-refractivity contribution in [2.24, 2.45) is 17.8 Å². The number of anilines is 1. The SMILES string of the molecule is CCc1nn(C)c(CC)c1CN=C(N)Nc1cccc(C(C)C)c1. The Morgan fingerprint density at radius 1 is 1.29 bits per heavy atom. The van der Waals surface area contributed by atoms with Gasteiger partial charge in [0.05, 0.1) is 12.2 Å². The molecule has 5 nitrogen and oxygen atoms in total. The van der Waals surface area contributed by atoms with Crippen molar-refractivity contribution < 1.29 is 0 Å². The van der Waals surface area contributed by atoms with Crippen LogP contribution in [0.25, 0.3) is 0 Å². The highest BCUT2D eigenvalue weighted by molar-refractivity contribution is 5.92. The van der Waals surface area contributed by atoms with E-state index in [1.807, 2.05) is 23.9 Å². The number of rotatable bonds is 6. The van der Waals surface area contributed by atoms with Gasteiger partial charge in [-0.1, -0.05) is 39.8 Å². The number of nitrogens with zero attached hydrogens (tertiary/aromatic N) is 3. The average Bonchev–Trinajstić information content (AvgIpc) is 2.87. The van der Waals surface area contributed by atoms with E-state index in [4.69, 9.17) is 5.73 Å². The van der Waals surface area contributed by atoms with Crippen molar-refractivity contribution in [3.05, 3.63) is 46.8 Å². The Bertz CT molecular complexity index is 713. The lowest BCUT2D eigenvalue weighted by atomic mass is 10.0. The third-order valence-corrected chi connectivity index (χ3v) is 4.26. The van der Waals surface area contributed by atoms with E-state index in [0.717, 1.165) is 24.2 Å². The summed E-state index contributed by atoms with van der Waals surface area (Å²) in [6, 6.07) is 8.29. The predicted octanol–water partition coefficient (Wildman–Crippen LogP) is 3.60. The maximum atomic E-state index is 6.08. The molecule has 2 rings (SSSR count). The van der Waals surface area contributed by atoms with Crippen LogP contribution in [0, 0.1) is 0 Å². The van der Waals surface area contributed by atoms with Crippen molar-refractivity contribution in [2.45, 2.75) is 53.0 Å². The van der Waals surface area contributed by atoms with Gasteiger partial charge in [-0.15, -0.1) is 0 Å². The summed E-state index contributed by atoms with van der Waals surface area (Å²) < 4.78 is 1.96. The number of nitrogens with two attached hydrogens (primary N) is 1. The first-order valence-electron chi connectivity index (χ1n) is 8.66. The molecule has 130 valence electrons. The van der Waals surface area contributed by atoms with E-state index >= 15 is 0 Å². The lowest BCUT2D eigenvalue weighted by Gasteiger charge is -2.10. The fourth-order valence-electron chi connectivity index (χ4n) is 2.90. The van der Waals surface area contributed by atoms with E-state index in [9.17, 15) is 0 Å². The number of aryl methyl sites for hydroxylation is 2. The first-order valence-corrected chi connectivity index (χ1v) is 8.66. The van der Waals surface area contributed by atoms with Crippen LogP contribution in [0.3, 0.4) is 0 Å². The molecular weight excluding hydrogens is 298 g/mol. The van der Waals surface area contributed by atoms with E-state index < -0.39 is 0 Å². The van der Waals surface area contributed by atoms with Crippen molar-refractivity contribution in [2.75, 3.05) is 5.32 Å². The molecule has 24 heavy (non-hydrogen) atoms. The molecular formula is C19H29N5. The summed E-state index contributed by atoms with van der Waals surface area (Å²) in [4.78, 5) is 4.52. The van der Waals surface area contributed by atoms with E-state index in [1.54, 1.807) is 0 Å². The van der Waals surface area contributed by atoms with Gasteiger partial charge in [0.15, 0.2) is 5.96 Å². The molecule has 0 aliphatic heterocycles. The Balaban J connectivity index is 2.14. The lowest BCUT2D eigenvalue weighted by molar-refractivity contribution is 0.703. The number of hydrogen-bond acceptors (Lipinski definition) is 2. The Morgan fingerprint density at radius 3 is 2.67 bits per heavy atom. The van der Waals surface area contributed by atoms with Gasteiger partial charge in [0.1, 0.15) is 0 Å². The molecule has 1 heterocycles. The molecule has 1 aromatic carbocycles. The Morgan fingerprint density at radius 2 is 2.04 bits per heavy atom. The van der Waals surface area contributed by atoms with E-state index in [1.165, 1.54) is 16.8 Å². The minimum atomic E-state index is 0.434. The van der Waals surface area contributed by atoms with Gasteiger partial charge >= 0.3 is 0 Å². The van der Waals surface area contributed by atoms with Gasteiger partial charge in [-0.25, -0.2) is 4.99 Å². The highest BCUT2D eigenvalue weighted by atomic mass is 15.3. The molecule has 0 saturated carbocycles. The van der Waals surface area contributed by atoms with Crippen LogP contribution in [-0.2, 0) is 26.4 Å². The van der Waals surface area contributed by atoms with E-state index in [0.29, 0.717) is 18.4 Å². The second-order valence-electron chi connectivity index (χ2n) is 6.31. The Hall–Kier alpha value is -2.30. The van der Waals surface area contributed by atoms with Crippen LogP contribution < -0.4 is 11.1 Å². The number of hydrogen-bond donors (Lipinski definition) is 2. The van der Waals surface area contributed by atoms with Crippen LogP contribution in [0.2, 0.25) is 0 Å². The van der Waals surface area contributed by atoms with Crippen molar-refractivity contribution in [3.8, 4) is 0 Å². The fourth-order valence-corrected chi connectivity index (χ4v) is 2.90. The normalized spacial score (nSPS) is 12.0. The van der Waals surface area contributed by atoms with Crippen molar-refractivity contribution in [3.63, 3.8) is 0 Å². The van der Waals surface area contributed by atoms with Crippen LogP contribution in [0.15, 0.2) is 29.3 Å². The van der Waals surface area contributed by atoms with Crippen molar-refractivity contribution >= 4 is 11.6 Å². The maximum Gasteiger partial charge on any atom is 0.193 e. The molecule has 0 atom stereocenters. The molecule has 5 heteroatoms. The summed E-state index contributed by atoms with van der Waals surface area (Å²) in [6.07, 6.45) is 1.85. The van der Waals surface area contributed by atoms with Gasteiger partial charge in [0.25, 0.3) is 0 Å². The van der Waals surface area contributed by atoms with Crippen LogP contribution in [-0.4, -0.2) is 15.7 Å². The Labute approximate surface area is 145 Å². The molecule has 0 spiro atoms. The average molecular weight is 327 g/mol. The monoisotopic (exact) mass is 327 g/mol. The second-order valence-corrected chi connectivity index (χ2v) is 6.31. The molecule has 0 unspecified atom stereocenters. The smallest absolute Gasteiger partial charge is 0.193 e. The van der Waals surface area contributed by atoms with Crippen molar-refractivity contribution in [1.82, 2.24) is 9.78 Å². The molecule has 0 bridgehead atoms. The quantitative estimate of drug-likeness (QED) is 0.629. The number of benzene rings is 1. The fraction of sp³-hybridized carbons (Fsp3) is 0.474. The molecule has 2 aromatic rings. The number of guanidine groups is 1. The summed E-state index contributed by atoms with van der Waals surface area (Å²) in [7, 11) is 1.99. The summed E-state index contributed by atoms with van der Waals surface area (Å²) in [5.74, 6) is 0.920. The highest BCUT2D eigenvalue weighted by Gasteiger charge is 2.13. The van der Waals surface area contributed by atoms with Crippen molar-refractivity contribution in [1.29, 1.82) is 0 Å². The Kier molecular flexibility index (Phi) is 6.01. The standard InChI is InChI=1S/C19H29N5/c1-6-17-16(18(7-2)24(5)23-17)12-21-19(20)22-15-10-8-9-14(11-15)13(3)4/h8-11,13H,6-7,12H2,1-5H3,(H3,20,21,22). The van der Waals surface area contributed by atoms with E-state index in [2.05, 4.69) is 55.2 Å². The topological polar surface area (TPSA) is 68.2 Å². The van der Waals surface area contributed by atoms with Gasteiger partial charge in [-0.2, -0.15) is 5.10 Å². The summed E-state index contributed by atoms with van der Waals surface area (Å²) in [6.45, 7) is 9.18. The molecule has 0 fully saturated rings. The predicted molar refractivity (Wildman–Crippen MR) is 101 cm³/mol. The van der Waals surface area contributed by atoms with Gasteiger partial charge in [-0.05, 0) is 36.5 Å². The molecule has 0 aliphatic rings. The zero-order chi connectivity index (χ0) is 17.7. The third-order valence-electron chi connectivity index (χ3n) is 4.26. The summed E-state index contributed by atoms with van der Waals surface area (Å²) in [5, 5.41) is 7.77. The first kappa shape index (κ1) is 18.0. The number of aromatic nitrogens is 2. The minimum Gasteiger partial charge on any atom is -0.370 e. The molecule has 0 aliphatic carbocycles. The van der Waals surface area contributed by atoms with Gasteiger partial charge in [-0.3, -0.25) is 4.68 Å². The van der Waals surface area contributed by atoms with Crippen LogP contribution in [0.1, 0.15) is 56.1 Å². The zero-order valence-corrected chi connectivity index (χ0v) is 15.4. The maximum absolute atomic E-state index is 6.08. The van der Waals surface area contributed by atoms with E-state index in [-0.39, 0.29) is 0 Å². The zero-order valence-electron chi connectivity index (χ0n) is 15.4. The van der Waals surface area contributed by atoms with Gasteiger partial charge < -0.3 is 11.1 Å². The molecule has 0 radical (unpaired) electrons. The lowest BCUT2D eigenvalue weighted by Crippen LogP contribution is -2.22. The summed E-state index contributed by atoms with van der Waals surface area (Å²) in [5.41, 5.74) is 11.9. The first-order chi connectivity index (χ1) is 11.5. The third kappa shape index (κ3) is 4.16. The van der Waals surface area contributed by atoms with Gasteiger partial charge in [0, 0.05) is 24.0 Å². The van der Waals surface area contributed by atoms with Crippen LogP contribution in [0.5, 0.6) is 0 Å². The van der Waals surface area contributed by atoms with Gasteiger partial charge in [0.2, 0.25) is 0 Å².